The van der Waals surface area contributed by atoms with Crippen LogP contribution in [0.1, 0.15) is 27.0 Å². The Kier molecular flexibility index (Phi) is 10.0. The predicted molar refractivity (Wildman–Crippen MR) is 135 cm³/mol. The van der Waals surface area contributed by atoms with Crippen molar-refractivity contribution < 1.29 is 23.7 Å². The minimum atomic E-state index is -0.320. The average molecular weight is 487 g/mol. The molecule has 0 radical (unpaired) electrons. The van der Waals surface area contributed by atoms with Crippen molar-refractivity contribution in [1.82, 2.24) is 5.32 Å². The molecule has 0 unspecified atom stereocenters. The summed E-state index contributed by atoms with van der Waals surface area (Å²) >= 11 is 0. The lowest BCUT2D eigenvalue weighted by Gasteiger charge is -2.19. The molecule has 0 aromatic heterocycles. The molecule has 0 bridgehead atoms. The number of hydrogen-bond donors (Lipinski definition) is 2. The predicted octanol–water partition coefficient (Wildman–Crippen LogP) is 4.67. The van der Waals surface area contributed by atoms with E-state index in [4.69, 9.17) is 24.7 Å². The fourth-order valence-electron chi connectivity index (χ4n) is 3.52. The zero-order valence-electron chi connectivity index (χ0n) is 19.8. The largest absolute Gasteiger partial charge is 0.492 e. The maximum absolute atomic E-state index is 13.1. The number of carbonyl (C=O) groups excluding carboxylic acids is 1. The molecule has 7 nitrogen and oxygen atoms in total. The standard InChI is InChI=1S/C26H30N2O5.ClH/c1-17-7-5-6-8-19(17)16-28-26(29)21-15-22(24(31-3)25(32-4)23(21)30-2)33-20-11-9-18(10-12-20)13-14-27;/h5-12,15H,13-14,16,27H2,1-4H3,(H,28,29);1H. The van der Waals surface area contributed by atoms with Gasteiger partial charge in [0.1, 0.15) is 5.75 Å². The molecule has 8 heteroatoms. The molecule has 3 aromatic carbocycles. The van der Waals surface area contributed by atoms with Gasteiger partial charge in [-0.3, -0.25) is 4.79 Å². The third kappa shape index (κ3) is 6.12. The molecule has 0 fully saturated rings. The summed E-state index contributed by atoms with van der Waals surface area (Å²) in [5.74, 6) is 1.48. The summed E-state index contributed by atoms with van der Waals surface area (Å²) in [6.07, 6.45) is 0.783. The molecule has 0 heterocycles. The zero-order valence-corrected chi connectivity index (χ0v) is 20.7. The molecule has 34 heavy (non-hydrogen) atoms. The van der Waals surface area contributed by atoms with Gasteiger partial charge in [-0.2, -0.15) is 0 Å². The topological polar surface area (TPSA) is 92.0 Å². The molecule has 0 aliphatic heterocycles. The average Bonchev–Trinajstić information content (AvgIpc) is 2.83. The second kappa shape index (κ2) is 12.7. The summed E-state index contributed by atoms with van der Waals surface area (Å²) in [7, 11) is 4.47. The lowest BCUT2D eigenvalue weighted by Crippen LogP contribution is -2.24. The van der Waals surface area contributed by atoms with Gasteiger partial charge in [0.2, 0.25) is 11.5 Å². The van der Waals surface area contributed by atoms with E-state index >= 15 is 0 Å². The van der Waals surface area contributed by atoms with Crippen LogP contribution in [0.4, 0.5) is 0 Å². The van der Waals surface area contributed by atoms with Gasteiger partial charge in [-0.05, 0) is 48.7 Å². The molecular formula is C26H31ClN2O5. The highest BCUT2D eigenvalue weighted by Crippen LogP contribution is 2.47. The fraction of sp³-hybridized carbons (Fsp3) is 0.269. The first kappa shape index (κ1) is 26.8. The Hall–Kier alpha value is -3.42. The number of nitrogens with two attached hydrogens (primary N) is 1. The lowest BCUT2D eigenvalue weighted by atomic mass is 10.1. The van der Waals surface area contributed by atoms with Crippen LogP contribution in [0.3, 0.4) is 0 Å². The summed E-state index contributed by atoms with van der Waals surface area (Å²) in [5, 5.41) is 2.95. The first-order valence-electron chi connectivity index (χ1n) is 10.6. The van der Waals surface area contributed by atoms with Crippen LogP contribution in [0.25, 0.3) is 0 Å². The fourth-order valence-corrected chi connectivity index (χ4v) is 3.52. The van der Waals surface area contributed by atoms with Gasteiger partial charge in [-0.1, -0.05) is 36.4 Å². The maximum atomic E-state index is 13.1. The number of ether oxygens (including phenoxy) is 4. The Bertz CT molecular complexity index is 1100. The molecular weight excluding hydrogens is 456 g/mol. The second-order valence-electron chi connectivity index (χ2n) is 7.42. The van der Waals surface area contributed by atoms with Gasteiger partial charge in [0.05, 0.1) is 26.9 Å². The van der Waals surface area contributed by atoms with Crippen molar-refractivity contribution in [2.45, 2.75) is 19.9 Å². The first-order chi connectivity index (χ1) is 16.0. The quantitative estimate of drug-likeness (QED) is 0.433. The van der Waals surface area contributed by atoms with Crippen molar-refractivity contribution in [2.24, 2.45) is 5.73 Å². The monoisotopic (exact) mass is 486 g/mol. The first-order valence-corrected chi connectivity index (χ1v) is 10.6. The number of halogens is 1. The molecule has 0 spiro atoms. The molecule has 3 rings (SSSR count). The van der Waals surface area contributed by atoms with Gasteiger partial charge >= 0.3 is 0 Å². The minimum absolute atomic E-state index is 0. The highest BCUT2D eigenvalue weighted by Gasteiger charge is 2.26. The van der Waals surface area contributed by atoms with Crippen LogP contribution in [0.5, 0.6) is 28.7 Å². The second-order valence-corrected chi connectivity index (χ2v) is 7.42. The summed E-state index contributed by atoms with van der Waals surface area (Å²) in [6.45, 7) is 2.95. The highest BCUT2D eigenvalue weighted by molar-refractivity contribution is 5.99. The van der Waals surface area contributed by atoms with Crippen LogP contribution in [0.15, 0.2) is 54.6 Å². The van der Waals surface area contributed by atoms with Gasteiger partial charge in [-0.25, -0.2) is 0 Å². The number of methoxy groups -OCH3 is 3. The smallest absolute Gasteiger partial charge is 0.255 e. The number of aryl methyl sites for hydroxylation is 1. The Labute approximate surface area is 206 Å². The molecule has 3 N–H and O–H groups in total. The number of hydrogen-bond acceptors (Lipinski definition) is 6. The van der Waals surface area contributed by atoms with Crippen molar-refractivity contribution in [3.8, 4) is 28.7 Å². The van der Waals surface area contributed by atoms with E-state index in [-0.39, 0.29) is 35.4 Å². The SMILES string of the molecule is COc1c(Oc2ccc(CCN)cc2)cc(C(=O)NCc2ccccc2C)c(OC)c1OC.Cl. The van der Waals surface area contributed by atoms with Crippen molar-refractivity contribution in [3.05, 3.63) is 76.9 Å². The number of amides is 1. The Morgan fingerprint density at radius 2 is 1.56 bits per heavy atom. The molecule has 0 atom stereocenters. The molecule has 0 aliphatic carbocycles. The van der Waals surface area contributed by atoms with E-state index in [9.17, 15) is 4.79 Å². The van der Waals surface area contributed by atoms with Crippen LogP contribution in [0.2, 0.25) is 0 Å². The molecule has 0 saturated carbocycles. The van der Waals surface area contributed by atoms with Crippen LogP contribution >= 0.6 is 12.4 Å². The summed E-state index contributed by atoms with van der Waals surface area (Å²) in [5.41, 5.74) is 9.13. The molecule has 1 amide bonds. The van der Waals surface area contributed by atoms with Crippen molar-refractivity contribution in [2.75, 3.05) is 27.9 Å². The summed E-state index contributed by atoms with van der Waals surface area (Å²) in [6, 6.07) is 17.1. The third-order valence-electron chi connectivity index (χ3n) is 5.30. The molecule has 182 valence electrons. The van der Waals surface area contributed by atoms with E-state index in [1.165, 1.54) is 21.3 Å². The van der Waals surface area contributed by atoms with Gasteiger partial charge in [-0.15, -0.1) is 12.4 Å². The molecule has 3 aromatic rings. The van der Waals surface area contributed by atoms with Crippen molar-refractivity contribution in [1.29, 1.82) is 0 Å². The van der Waals surface area contributed by atoms with E-state index in [2.05, 4.69) is 5.32 Å². The normalized spacial score (nSPS) is 10.1. The molecule has 0 aliphatic rings. The Morgan fingerprint density at radius 1 is 0.912 bits per heavy atom. The van der Waals surface area contributed by atoms with Crippen LogP contribution in [-0.2, 0) is 13.0 Å². The highest BCUT2D eigenvalue weighted by atomic mass is 35.5. The minimum Gasteiger partial charge on any atom is -0.492 e. The number of benzene rings is 3. The van der Waals surface area contributed by atoms with Crippen molar-refractivity contribution >= 4 is 18.3 Å². The Morgan fingerprint density at radius 3 is 2.15 bits per heavy atom. The number of nitrogens with one attached hydrogen (secondary N) is 1. The number of carbonyl (C=O) groups is 1. The van der Waals surface area contributed by atoms with Gasteiger partial charge in [0.15, 0.2) is 11.5 Å². The summed E-state index contributed by atoms with van der Waals surface area (Å²) in [4.78, 5) is 13.1. The molecule has 0 saturated heterocycles. The van der Waals surface area contributed by atoms with E-state index in [1.807, 2.05) is 55.5 Å². The third-order valence-corrected chi connectivity index (χ3v) is 5.30. The zero-order chi connectivity index (χ0) is 23.8. The van der Waals surface area contributed by atoms with E-state index in [0.717, 1.165) is 23.1 Å². The van der Waals surface area contributed by atoms with Gasteiger partial charge < -0.3 is 30.0 Å². The number of rotatable bonds is 10. The summed E-state index contributed by atoms with van der Waals surface area (Å²) < 4.78 is 22.7. The van der Waals surface area contributed by atoms with E-state index < -0.39 is 0 Å². The van der Waals surface area contributed by atoms with Gasteiger partial charge in [0, 0.05) is 12.6 Å². The van der Waals surface area contributed by atoms with E-state index in [1.54, 1.807) is 6.07 Å². The van der Waals surface area contributed by atoms with Crippen LogP contribution in [0, 0.1) is 6.92 Å². The Balaban J connectivity index is 0.00000408. The van der Waals surface area contributed by atoms with Crippen molar-refractivity contribution in [3.63, 3.8) is 0 Å². The van der Waals surface area contributed by atoms with Crippen LogP contribution in [-0.4, -0.2) is 33.8 Å². The van der Waals surface area contributed by atoms with Crippen LogP contribution < -0.4 is 30.0 Å². The maximum Gasteiger partial charge on any atom is 0.255 e. The lowest BCUT2D eigenvalue weighted by molar-refractivity contribution is 0.0946. The van der Waals surface area contributed by atoms with E-state index in [0.29, 0.717) is 30.3 Å². The van der Waals surface area contributed by atoms with Gasteiger partial charge in [0.25, 0.3) is 5.91 Å².